The summed E-state index contributed by atoms with van der Waals surface area (Å²) in [5, 5.41) is 0. The zero-order chi connectivity index (χ0) is 14.9. The lowest BCUT2D eigenvalue weighted by molar-refractivity contribution is 0.624. The van der Waals surface area contributed by atoms with Crippen LogP contribution in [-0.4, -0.2) is 40.1 Å². The average Bonchev–Trinajstić information content (AvgIpc) is 3.26. The predicted molar refractivity (Wildman–Crippen MR) is 90.1 cm³/mol. The van der Waals surface area contributed by atoms with E-state index in [2.05, 4.69) is 52.8 Å². The maximum absolute atomic E-state index is 4.52. The van der Waals surface area contributed by atoms with E-state index in [9.17, 15) is 0 Å². The summed E-state index contributed by atoms with van der Waals surface area (Å²) in [6.45, 7) is 2.06. The van der Waals surface area contributed by atoms with E-state index in [0.29, 0.717) is 12.1 Å². The number of pyridine rings is 1. The van der Waals surface area contributed by atoms with Crippen LogP contribution in [-0.2, 0) is 0 Å². The molecule has 3 heterocycles. The second-order valence-electron chi connectivity index (χ2n) is 5.93. The van der Waals surface area contributed by atoms with Gasteiger partial charge in [0.25, 0.3) is 0 Å². The minimum absolute atomic E-state index is 0.507. The fourth-order valence-corrected chi connectivity index (χ4v) is 3.43. The van der Waals surface area contributed by atoms with Crippen LogP contribution in [0.25, 0.3) is 0 Å². The summed E-state index contributed by atoms with van der Waals surface area (Å²) in [6.07, 6.45) is 9.05. The van der Waals surface area contributed by atoms with E-state index in [0.717, 1.165) is 35.6 Å². The van der Waals surface area contributed by atoms with Crippen LogP contribution in [0.2, 0.25) is 0 Å². The average molecular weight is 360 g/mol. The minimum atomic E-state index is 0.507. The van der Waals surface area contributed by atoms with E-state index < -0.39 is 0 Å². The predicted octanol–water partition coefficient (Wildman–Crippen LogP) is 2.88. The summed E-state index contributed by atoms with van der Waals surface area (Å²) in [4.78, 5) is 17.9. The molecule has 0 amide bonds. The second kappa shape index (κ2) is 5.83. The van der Waals surface area contributed by atoms with Gasteiger partial charge in [-0.1, -0.05) is 0 Å². The largest absolute Gasteiger partial charge is 0.354 e. The summed E-state index contributed by atoms with van der Waals surface area (Å²) >= 11 is 3.44. The fraction of sp³-hybridized carbons (Fsp3) is 0.438. The molecule has 0 N–H and O–H groups in total. The van der Waals surface area contributed by atoms with E-state index in [4.69, 9.17) is 0 Å². The molecule has 22 heavy (non-hydrogen) atoms. The van der Waals surface area contributed by atoms with Crippen molar-refractivity contribution < 1.29 is 0 Å². The summed E-state index contributed by atoms with van der Waals surface area (Å²) in [5.74, 6) is 2.12. The number of nitrogens with zero attached hydrogens (tertiary/aromatic N) is 5. The molecule has 0 spiro atoms. The molecule has 4 rings (SSSR count). The molecule has 2 aromatic heterocycles. The third kappa shape index (κ3) is 2.79. The van der Waals surface area contributed by atoms with Gasteiger partial charge in [-0.15, -0.1) is 0 Å². The molecular weight excluding hydrogens is 342 g/mol. The number of hydrogen-bond acceptors (Lipinski definition) is 5. The monoisotopic (exact) mass is 359 g/mol. The van der Waals surface area contributed by atoms with Crippen LogP contribution >= 0.6 is 15.9 Å². The van der Waals surface area contributed by atoms with Crippen molar-refractivity contribution in [2.24, 2.45) is 0 Å². The van der Waals surface area contributed by atoms with Gasteiger partial charge in [-0.2, -0.15) is 0 Å². The summed E-state index contributed by atoms with van der Waals surface area (Å²) in [7, 11) is 0. The van der Waals surface area contributed by atoms with Gasteiger partial charge < -0.3 is 9.80 Å². The zero-order valence-electron chi connectivity index (χ0n) is 12.3. The Kier molecular flexibility index (Phi) is 3.70. The van der Waals surface area contributed by atoms with Crippen molar-refractivity contribution in [1.82, 2.24) is 15.0 Å². The molecule has 1 aliphatic heterocycles. The van der Waals surface area contributed by atoms with Gasteiger partial charge in [0.2, 0.25) is 0 Å². The molecule has 1 atom stereocenters. The molecule has 114 valence electrons. The van der Waals surface area contributed by atoms with Crippen molar-refractivity contribution in [2.75, 3.05) is 22.9 Å². The lowest BCUT2D eigenvalue weighted by Crippen LogP contribution is -2.40. The number of anilines is 2. The Labute approximate surface area is 138 Å². The molecule has 6 heteroatoms. The summed E-state index contributed by atoms with van der Waals surface area (Å²) < 4.78 is 1.02. The van der Waals surface area contributed by atoms with Gasteiger partial charge in [0.15, 0.2) is 0 Å². The number of aromatic nitrogens is 3. The lowest BCUT2D eigenvalue weighted by Gasteiger charge is -2.30. The Balaban J connectivity index is 1.52. The number of rotatable bonds is 4. The van der Waals surface area contributed by atoms with Crippen LogP contribution in [0.3, 0.4) is 0 Å². The van der Waals surface area contributed by atoms with Gasteiger partial charge in [-0.05, 0) is 53.4 Å². The molecule has 1 unspecified atom stereocenters. The highest BCUT2D eigenvalue weighted by Crippen LogP contribution is 2.35. The molecule has 1 saturated heterocycles. The Bertz CT molecular complexity index is 629. The van der Waals surface area contributed by atoms with Gasteiger partial charge >= 0.3 is 0 Å². The third-order valence-corrected chi connectivity index (χ3v) is 4.83. The van der Waals surface area contributed by atoms with Gasteiger partial charge in [0.05, 0.1) is 0 Å². The molecule has 2 aliphatic rings. The minimum Gasteiger partial charge on any atom is -0.354 e. The molecule has 2 aromatic rings. The van der Waals surface area contributed by atoms with Crippen molar-refractivity contribution >= 4 is 27.6 Å². The first-order valence-corrected chi connectivity index (χ1v) is 8.51. The van der Waals surface area contributed by atoms with Crippen molar-refractivity contribution in [3.8, 4) is 0 Å². The topological polar surface area (TPSA) is 45.2 Å². The Morgan fingerprint density at radius 2 is 2.00 bits per heavy atom. The quantitative estimate of drug-likeness (QED) is 0.839. The highest BCUT2D eigenvalue weighted by atomic mass is 79.9. The van der Waals surface area contributed by atoms with Crippen LogP contribution in [0.1, 0.15) is 19.3 Å². The molecule has 1 saturated carbocycles. The van der Waals surface area contributed by atoms with Gasteiger partial charge in [-0.3, -0.25) is 0 Å². The molecule has 5 nitrogen and oxygen atoms in total. The first-order valence-electron chi connectivity index (χ1n) is 7.72. The van der Waals surface area contributed by atoms with E-state index in [1.165, 1.54) is 12.8 Å². The third-order valence-electron chi connectivity index (χ3n) is 4.36. The van der Waals surface area contributed by atoms with Crippen LogP contribution in [0.15, 0.2) is 41.4 Å². The zero-order valence-corrected chi connectivity index (χ0v) is 13.9. The standard InChI is InChI=1S/C16H18BrN5/c17-12-1-4-15(19-9-12)21-8-6-14(10-21)22(13-2-3-13)16-5-7-18-11-20-16/h1,4-5,7,9,11,13-14H,2-3,6,8,10H2. The van der Waals surface area contributed by atoms with Crippen LogP contribution in [0, 0.1) is 0 Å². The van der Waals surface area contributed by atoms with Gasteiger partial charge in [0.1, 0.15) is 18.0 Å². The maximum atomic E-state index is 4.52. The van der Waals surface area contributed by atoms with Crippen molar-refractivity contribution in [3.05, 3.63) is 41.4 Å². The highest BCUT2D eigenvalue weighted by molar-refractivity contribution is 9.10. The van der Waals surface area contributed by atoms with Gasteiger partial charge in [-0.25, -0.2) is 15.0 Å². The molecule has 0 aromatic carbocycles. The molecule has 0 radical (unpaired) electrons. The Hall–Kier alpha value is -1.69. The fourth-order valence-electron chi connectivity index (χ4n) is 3.19. The molecule has 1 aliphatic carbocycles. The molecule has 2 fully saturated rings. The van der Waals surface area contributed by atoms with E-state index in [-0.39, 0.29) is 0 Å². The number of hydrogen-bond donors (Lipinski definition) is 0. The summed E-state index contributed by atoms with van der Waals surface area (Å²) in [5.41, 5.74) is 0. The van der Waals surface area contributed by atoms with Crippen molar-refractivity contribution in [2.45, 2.75) is 31.3 Å². The smallest absolute Gasteiger partial charge is 0.132 e. The molecular formula is C16H18BrN5. The van der Waals surface area contributed by atoms with Crippen LogP contribution in [0.4, 0.5) is 11.6 Å². The first-order chi connectivity index (χ1) is 10.8. The van der Waals surface area contributed by atoms with E-state index in [1.807, 2.05) is 18.5 Å². The molecule has 0 bridgehead atoms. The SMILES string of the molecule is Brc1ccc(N2CCC(N(c3ccncn3)C3CC3)C2)nc1. The first kappa shape index (κ1) is 13.9. The van der Waals surface area contributed by atoms with E-state index >= 15 is 0 Å². The lowest BCUT2D eigenvalue weighted by atomic mass is 10.2. The van der Waals surface area contributed by atoms with Crippen LogP contribution in [0.5, 0.6) is 0 Å². The van der Waals surface area contributed by atoms with Gasteiger partial charge in [0, 0.05) is 42.0 Å². The second-order valence-corrected chi connectivity index (χ2v) is 6.84. The normalized spacial score (nSPS) is 21.1. The van der Waals surface area contributed by atoms with Crippen molar-refractivity contribution in [3.63, 3.8) is 0 Å². The summed E-state index contributed by atoms with van der Waals surface area (Å²) in [6, 6.07) is 7.32. The Morgan fingerprint density at radius 1 is 1.09 bits per heavy atom. The number of halogens is 1. The highest BCUT2D eigenvalue weighted by Gasteiger charge is 2.38. The Morgan fingerprint density at radius 3 is 2.68 bits per heavy atom. The van der Waals surface area contributed by atoms with E-state index in [1.54, 1.807) is 6.33 Å². The maximum Gasteiger partial charge on any atom is 0.132 e. The van der Waals surface area contributed by atoms with Crippen molar-refractivity contribution in [1.29, 1.82) is 0 Å². The van der Waals surface area contributed by atoms with Crippen LogP contribution < -0.4 is 9.80 Å².